The minimum Gasteiger partial charge on any atom is -0.467 e. The Balaban J connectivity index is 1.10. The summed E-state index contributed by atoms with van der Waals surface area (Å²) in [6, 6.07) is 0. The van der Waals surface area contributed by atoms with E-state index < -0.39 is 6.10 Å². The van der Waals surface area contributed by atoms with Crippen molar-refractivity contribution >= 4 is 17.2 Å². The lowest BCUT2D eigenvalue weighted by atomic mass is 9.51. The van der Waals surface area contributed by atoms with Crippen molar-refractivity contribution in [1.29, 1.82) is 0 Å². The van der Waals surface area contributed by atoms with E-state index in [2.05, 4.69) is 36.4 Å². The van der Waals surface area contributed by atoms with Crippen molar-refractivity contribution in [3.05, 3.63) is 11.1 Å². The smallest absolute Gasteiger partial charge is 0.273 e. The molecule has 1 heterocycles. The van der Waals surface area contributed by atoms with Gasteiger partial charge >= 0.3 is 0 Å². The molecule has 0 saturated heterocycles. The molecule has 1 atom stereocenters. The van der Waals surface area contributed by atoms with Gasteiger partial charge in [0.25, 0.3) is 11.1 Å². The second kappa shape index (κ2) is 10.4. The SMILES string of the molecule is CC(C)(C)NCC(O)COc1ncc(C(=O)NCCCCC2C3CC4CC(C3)CC2C4)s1. The maximum atomic E-state index is 12.4. The Hall–Kier alpha value is -1.18. The minimum absolute atomic E-state index is 0.0525. The highest BCUT2D eigenvalue weighted by Gasteiger charge is 2.47. The predicted octanol–water partition coefficient (Wildman–Crippen LogP) is 4.24. The molecule has 4 bridgehead atoms. The van der Waals surface area contributed by atoms with Crippen LogP contribution in [0.2, 0.25) is 0 Å². The van der Waals surface area contributed by atoms with Gasteiger partial charge < -0.3 is 20.5 Å². The van der Waals surface area contributed by atoms with Crippen molar-refractivity contribution in [2.75, 3.05) is 19.7 Å². The van der Waals surface area contributed by atoms with Crippen LogP contribution in [-0.4, -0.2) is 47.3 Å². The van der Waals surface area contributed by atoms with E-state index in [9.17, 15) is 9.90 Å². The Labute approximate surface area is 196 Å². The molecule has 4 fully saturated rings. The average molecular weight is 464 g/mol. The van der Waals surface area contributed by atoms with E-state index in [1.807, 2.05) is 0 Å². The number of ether oxygens (including phenoxy) is 1. The lowest BCUT2D eigenvalue weighted by molar-refractivity contribution is -0.0403. The molecule has 180 valence electrons. The fraction of sp³-hybridized carbons (Fsp3) is 0.840. The largest absolute Gasteiger partial charge is 0.467 e. The minimum atomic E-state index is -0.620. The third-order valence-corrected chi connectivity index (χ3v) is 8.56. The monoisotopic (exact) mass is 463 g/mol. The van der Waals surface area contributed by atoms with Crippen molar-refractivity contribution in [2.45, 2.75) is 83.8 Å². The zero-order valence-electron chi connectivity index (χ0n) is 19.9. The molecule has 3 N–H and O–H groups in total. The first-order valence-electron chi connectivity index (χ1n) is 12.6. The van der Waals surface area contributed by atoms with Gasteiger partial charge in [0.1, 0.15) is 17.6 Å². The second-order valence-electron chi connectivity index (χ2n) is 11.4. The summed E-state index contributed by atoms with van der Waals surface area (Å²) in [5.41, 5.74) is -0.0525. The first kappa shape index (κ1) is 24.0. The number of amides is 1. The quantitative estimate of drug-likeness (QED) is 0.428. The standard InChI is InChI=1S/C25H41N3O3S/c1-25(2,3)28-13-20(29)15-31-24-27-14-22(32-24)23(30)26-7-5-4-6-21-18-9-16-8-17(11-18)12-19(21)10-16/h14,16-21,28-29H,4-13,15H2,1-3H3,(H,26,30). The summed E-state index contributed by atoms with van der Waals surface area (Å²) in [5, 5.41) is 16.7. The van der Waals surface area contributed by atoms with Crippen LogP contribution in [0.3, 0.4) is 0 Å². The Morgan fingerprint density at radius 1 is 1.19 bits per heavy atom. The number of nitrogens with zero attached hydrogens (tertiary/aromatic N) is 1. The van der Waals surface area contributed by atoms with Crippen LogP contribution in [0.4, 0.5) is 0 Å². The Morgan fingerprint density at radius 3 is 2.53 bits per heavy atom. The fourth-order valence-electron chi connectivity index (χ4n) is 6.38. The second-order valence-corrected chi connectivity index (χ2v) is 12.4. The van der Waals surface area contributed by atoms with Crippen molar-refractivity contribution in [2.24, 2.45) is 29.6 Å². The Kier molecular flexibility index (Phi) is 7.78. The summed E-state index contributed by atoms with van der Waals surface area (Å²) in [6.45, 7) is 7.48. The van der Waals surface area contributed by atoms with Crippen LogP contribution >= 0.6 is 11.3 Å². The van der Waals surface area contributed by atoms with Gasteiger partial charge in [-0.15, -0.1) is 0 Å². The molecule has 0 spiro atoms. The fourth-order valence-corrected chi connectivity index (χ4v) is 7.07. The number of rotatable bonds is 11. The summed E-state index contributed by atoms with van der Waals surface area (Å²) in [6.07, 6.45) is 12.0. The summed E-state index contributed by atoms with van der Waals surface area (Å²) >= 11 is 1.23. The van der Waals surface area contributed by atoms with Crippen molar-refractivity contribution in [3.8, 4) is 5.19 Å². The van der Waals surface area contributed by atoms with E-state index in [4.69, 9.17) is 4.74 Å². The van der Waals surface area contributed by atoms with Crippen LogP contribution in [-0.2, 0) is 0 Å². The zero-order valence-corrected chi connectivity index (χ0v) is 20.8. The third kappa shape index (κ3) is 6.45. The number of unbranched alkanes of at least 4 members (excludes halogenated alkanes) is 1. The molecule has 0 aromatic carbocycles. The molecule has 4 aliphatic rings. The molecule has 4 saturated carbocycles. The molecule has 4 aliphatic carbocycles. The van der Waals surface area contributed by atoms with Crippen LogP contribution < -0.4 is 15.4 Å². The first-order valence-corrected chi connectivity index (χ1v) is 13.4. The molecule has 0 aliphatic heterocycles. The molecule has 0 radical (unpaired) electrons. The van der Waals surface area contributed by atoms with E-state index in [-0.39, 0.29) is 18.1 Å². The highest BCUT2D eigenvalue weighted by Crippen LogP contribution is 2.57. The third-order valence-electron chi connectivity index (χ3n) is 7.65. The summed E-state index contributed by atoms with van der Waals surface area (Å²) < 4.78 is 5.56. The lowest BCUT2D eigenvalue weighted by Crippen LogP contribution is -2.45. The van der Waals surface area contributed by atoms with Gasteiger partial charge in [-0.3, -0.25) is 4.79 Å². The number of aliphatic hydroxyl groups is 1. The Bertz CT molecular complexity index is 732. The van der Waals surface area contributed by atoms with Crippen LogP contribution in [0.1, 0.15) is 81.8 Å². The number of aromatic nitrogens is 1. The van der Waals surface area contributed by atoms with Crippen molar-refractivity contribution in [1.82, 2.24) is 15.6 Å². The van der Waals surface area contributed by atoms with Gasteiger partial charge in [0, 0.05) is 18.6 Å². The predicted molar refractivity (Wildman–Crippen MR) is 128 cm³/mol. The number of carbonyl (C=O) groups excluding carboxylic acids is 1. The van der Waals surface area contributed by atoms with E-state index >= 15 is 0 Å². The van der Waals surface area contributed by atoms with Crippen LogP contribution in [0, 0.1) is 29.6 Å². The van der Waals surface area contributed by atoms with Gasteiger partial charge in [-0.1, -0.05) is 17.8 Å². The van der Waals surface area contributed by atoms with Crippen LogP contribution in [0.15, 0.2) is 6.20 Å². The highest BCUT2D eigenvalue weighted by molar-refractivity contribution is 7.15. The van der Waals surface area contributed by atoms with E-state index in [0.29, 0.717) is 16.6 Å². The number of nitrogens with one attached hydrogen (secondary N) is 2. The average Bonchev–Trinajstić information content (AvgIpc) is 3.20. The van der Waals surface area contributed by atoms with Gasteiger partial charge in [0.05, 0.1) is 6.20 Å². The normalized spacial score (nSPS) is 29.8. The molecule has 1 aromatic heterocycles. The molecule has 6 nitrogen and oxygen atoms in total. The van der Waals surface area contributed by atoms with Crippen LogP contribution in [0.25, 0.3) is 0 Å². The number of carbonyl (C=O) groups is 1. The van der Waals surface area contributed by atoms with E-state index in [1.165, 1.54) is 56.3 Å². The molecule has 1 aromatic rings. The van der Waals surface area contributed by atoms with Gasteiger partial charge in [-0.25, -0.2) is 4.98 Å². The van der Waals surface area contributed by atoms with Gasteiger partial charge in [0.2, 0.25) is 0 Å². The molecule has 1 unspecified atom stereocenters. The number of hydrogen-bond donors (Lipinski definition) is 3. The van der Waals surface area contributed by atoms with Gasteiger partial charge in [-0.05, 0) is 95.3 Å². The Morgan fingerprint density at radius 2 is 1.88 bits per heavy atom. The molecule has 5 rings (SSSR count). The zero-order chi connectivity index (χ0) is 22.7. The molecular weight excluding hydrogens is 422 g/mol. The maximum absolute atomic E-state index is 12.4. The maximum Gasteiger partial charge on any atom is 0.273 e. The summed E-state index contributed by atoms with van der Waals surface area (Å²) in [7, 11) is 0. The number of aliphatic hydroxyl groups excluding tert-OH is 1. The molecular formula is C25H41N3O3S. The van der Waals surface area contributed by atoms with E-state index in [0.717, 1.165) is 42.6 Å². The number of hydrogen-bond acceptors (Lipinski definition) is 6. The highest BCUT2D eigenvalue weighted by atomic mass is 32.1. The van der Waals surface area contributed by atoms with Crippen LogP contribution in [0.5, 0.6) is 5.19 Å². The summed E-state index contributed by atoms with van der Waals surface area (Å²) in [5.74, 6) is 4.96. The number of β-amino-alcohol motifs (C(OH)–C–C–N with tert-alkyl or cyclic N) is 1. The lowest BCUT2D eigenvalue weighted by Gasteiger charge is -2.54. The molecule has 7 heteroatoms. The molecule has 1 amide bonds. The topological polar surface area (TPSA) is 83.5 Å². The van der Waals surface area contributed by atoms with E-state index in [1.54, 1.807) is 6.20 Å². The van der Waals surface area contributed by atoms with Gasteiger partial charge in [0.15, 0.2) is 0 Å². The first-order chi connectivity index (χ1) is 15.3. The van der Waals surface area contributed by atoms with Gasteiger partial charge in [-0.2, -0.15) is 0 Å². The summed E-state index contributed by atoms with van der Waals surface area (Å²) in [4.78, 5) is 17.1. The van der Waals surface area contributed by atoms with Crippen molar-refractivity contribution < 1.29 is 14.6 Å². The van der Waals surface area contributed by atoms with Crippen molar-refractivity contribution in [3.63, 3.8) is 0 Å². The molecule has 32 heavy (non-hydrogen) atoms. The number of thiazole rings is 1.